The van der Waals surface area contributed by atoms with Crippen molar-refractivity contribution < 1.29 is 4.74 Å². The standard InChI is InChI=1S/C23H28N4O/c1-17-13-24-14-19(25-17)16-26-10-7-20(8-11-26)28-23-4-2-3-22-21(23)9-12-27(22)15-18-5-6-18/h2-4,9,12-14,18,20H,5-8,10-11,15-16H2,1H3. The first-order chi connectivity index (χ1) is 13.7. The number of rotatable bonds is 6. The molecule has 2 aromatic heterocycles. The Balaban J connectivity index is 1.21. The molecule has 146 valence electrons. The van der Waals surface area contributed by atoms with Gasteiger partial charge >= 0.3 is 0 Å². The first kappa shape index (κ1) is 17.7. The molecule has 1 aliphatic heterocycles. The van der Waals surface area contributed by atoms with E-state index in [4.69, 9.17) is 4.74 Å². The van der Waals surface area contributed by atoms with Crippen molar-refractivity contribution in [2.45, 2.75) is 51.8 Å². The summed E-state index contributed by atoms with van der Waals surface area (Å²) >= 11 is 0. The highest BCUT2D eigenvalue weighted by Crippen LogP contribution is 2.34. The van der Waals surface area contributed by atoms with E-state index in [1.807, 2.05) is 19.3 Å². The van der Waals surface area contributed by atoms with E-state index in [9.17, 15) is 0 Å². The molecule has 28 heavy (non-hydrogen) atoms. The lowest BCUT2D eigenvalue weighted by Crippen LogP contribution is -2.38. The molecule has 0 unspecified atom stereocenters. The fourth-order valence-electron chi connectivity index (χ4n) is 4.22. The zero-order valence-corrected chi connectivity index (χ0v) is 16.6. The Morgan fingerprint density at radius 2 is 1.93 bits per heavy atom. The highest BCUT2D eigenvalue weighted by molar-refractivity contribution is 5.86. The second kappa shape index (κ2) is 7.55. The van der Waals surface area contributed by atoms with Crippen molar-refractivity contribution in [2.24, 2.45) is 5.92 Å². The van der Waals surface area contributed by atoms with E-state index in [1.54, 1.807) is 0 Å². The molecule has 1 saturated heterocycles. The molecule has 0 radical (unpaired) electrons. The molecule has 2 fully saturated rings. The van der Waals surface area contributed by atoms with Crippen LogP contribution in [-0.4, -0.2) is 38.6 Å². The van der Waals surface area contributed by atoms with Gasteiger partial charge in [0.25, 0.3) is 0 Å². The van der Waals surface area contributed by atoms with Crippen LogP contribution in [0.3, 0.4) is 0 Å². The number of fused-ring (bicyclic) bond motifs is 1. The summed E-state index contributed by atoms with van der Waals surface area (Å²) in [5, 5.41) is 1.25. The van der Waals surface area contributed by atoms with Gasteiger partial charge in [-0.25, -0.2) is 0 Å². The second-order valence-electron chi connectivity index (χ2n) is 8.35. The maximum absolute atomic E-state index is 6.45. The maximum atomic E-state index is 6.45. The molecule has 3 aromatic rings. The average Bonchev–Trinajstić information content (AvgIpc) is 3.42. The minimum absolute atomic E-state index is 0.289. The van der Waals surface area contributed by atoms with Crippen molar-refractivity contribution in [3.05, 3.63) is 54.2 Å². The van der Waals surface area contributed by atoms with Gasteiger partial charge in [0.15, 0.2) is 0 Å². The van der Waals surface area contributed by atoms with Crippen LogP contribution < -0.4 is 4.74 Å². The third-order valence-electron chi connectivity index (χ3n) is 5.94. The molecular weight excluding hydrogens is 348 g/mol. The Morgan fingerprint density at radius 3 is 2.71 bits per heavy atom. The van der Waals surface area contributed by atoms with Crippen LogP contribution in [0.15, 0.2) is 42.9 Å². The molecule has 2 aliphatic rings. The van der Waals surface area contributed by atoms with Crippen LogP contribution in [0.2, 0.25) is 0 Å². The number of aromatic nitrogens is 3. The zero-order valence-electron chi connectivity index (χ0n) is 16.6. The molecule has 5 heteroatoms. The number of nitrogens with zero attached hydrogens (tertiary/aromatic N) is 4. The monoisotopic (exact) mass is 376 g/mol. The lowest BCUT2D eigenvalue weighted by Gasteiger charge is -2.32. The summed E-state index contributed by atoms with van der Waals surface area (Å²) in [5.74, 6) is 1.91. The van der Waals surface area contributed by atoms with Gasteiger partial charge in [-0.15, -0.1) is 0 Å². The summed E-state index contributed by atoms with van der Waals surface area (Å²) in [7, 11) is 0. The quantitative estimate of drug-likeness (QED) is 0.647. The predicted molar refractivity (Wildman–Crippen MR) is 110 cm³/mol. The van der Waals surface area contributed by atoms with E-state index in [0.717, 1.165) is 62.1 Å². The normalized spacial score (nSPS) is 18.6. The van der Waals surface area contributed by atoms with Gasteiger partial charge < -0.3 is 9.30 Å². The Morgan fingerprint density at radius 1 is 1.07 bits per heavy atom. The fourth-order valence-corrected chi connectivity index (χ4v) is 4.22. The number of ether oxygens (including phenoxy) is 1. The van der Waals surface area contributed by atoms with Crippen LogP contribution in [-0.2, 0) is 13.1 Å². The van der Waals surface area contributed by atoms with Crippen LogP contribution in [0.5, 0.6) is 5.75 Å². The second-order valence-corrected chi connectivity index (χ2v) is 8.35. The summed E-state index contributed by atoms with van der Waals surface area (Å²) in [6.07, 6.45) is 11.1. The topological polar surface area (TPSA) is 43.2 Å². The molecule has 1 saturated carbocycles. The Kier molecular flexibility index (Phi) is 4.77. The third-order valence-corrected chi connectivity index (χ3v) is 5.94. The summed E-state index contributed by atoms with van der Waals surface area (Å²) in [6, 6.07) is 8.69. The van der Waals surface area contributed by atoms with Crippen LogP contribution in [0, 0.1) is 12.8 Å². The maximum Gasteiger partial charge on any atom is 0.129 e. The summed E-state index contributed by atoms with van der Waals surface area (Å²) in [5.41, 5.74) is 3.35. The fraction of sp³-hybridized carbons (Fsp3) is 0.478. The summed E-state index contributed by atoms with van der Waals surface area (Å²) in [4.78, 5) is 11.3. The number of hydrogen-bond donors (Lipinski definition) is 0. The molecule has 1 aromatic carbocycles. The van der Waals surface area contributed by atoms with Crippen molar-refractivity contribution in [3.8, 4) is 5.75 Å². The highest BCUT2D eigenvalue weighted by atomic mass is 16.5. The minimum Gasteiger partial charge on any atom is -0.490 e. The van der Waals surface area contributed by atoms with Gasteiger partial charge in [0.2, 0.25) is 0 Å². The molecule has 0 amide bonds. The largest absolute Gasteiger partial charge is 0.490 e. The molecular formula is C23H28N4O. The lowest BCUT2D eigenvalue weighted by atomic mass is 10.1. The third kappa shape index (κ3) is 3.90. The molecule has 5 nitrogen and oxygen atoms in total. The summed E-state index contributed by atoms with van der Waals surface area (Å²) in [6.45, 7) is 6.10. The molecule has 0 N–H and O–H groups in total. The first-order valence-electron chi connectivity index (χ1n) is 10.5. The summed E-state index contributed by atoms with van der Waals surface area (Å²) < 4.78 is 8.85. The first-order valence-corrected chi connectivity index (χ1v) is 10.5. The van der Waals surface area contributed by atoms with Crippen molar-refractivity contribution in [2.75, 3.05) is 13.1 Å². The van der Waals surface area contributed by atoms with Crippen LogP contribution in [0.25, 0.3) is 10.9 Å². The molecule has 0 atom stereocenters. The lowest BCUT2D eigenvalue weighted by molar-refractivity contribution is 0.0972. The van der Waals surface area contributed by atoms with Gasteiger partial charge in [0, 0.05) is 50.2 Å². The van der Waals surface area contributed by atoms with Crippen LogP contribution in [0.1, 0.15) is 37.1 Å². The van der Waals surface area contributed by atoms with Gasteiger partial charge in [-0.3, -0.25) is 14.9 Å². The van der Waals surface area contributed by atoms with Gasteiger partial charge in [-0.1, -0.05) is 6.07 Å². The van der Waals surface area contributed by atoms with E-state index in [0.29, 0.717) is 0 Å². The van der Waals surface area contributed by atoms with Gasteiger partial charge in [-0.05, 0) is 56.7 Å². The van der Waals surface area contributed by atoms with Crippen molar-refractivity contribution in [1.82, 2.24) is 19.4 Å². The SMILES string of the molecule is Cc1cncc(CN2CCC(Oc3cccc4c3ccn4CC3CC3)CC2)n1. The zero-order chi connectivity index (χ0) is 18.9. The van der Waals surface area contributed by atoms with Crippen molar-refractivity contribution in [1.29, 1.82) is 0 Å². The predicted octanol–water partition coefficient (Wildman–Crippen LogP) is 4.19. The van der Waals surface area contributed by atoms with Gasteiger partial charge in [-0.2, -0.15) is 0 Å². The van der Waals surface area contributed by atoms with Crippen molar-refractivity contribution >= 4 is 10.9 Å². The highest BCUT2D eigenvalue weighted by Gasteiger charge is 2.24. The van der Waals surface area contributed by atoms with E-state index in [1.165, 1.54) is 23.7 Å². The van der Waals surface area contributed by atoms with E-state index < -0.39 is 0 Å². The number of piperidine rings is 1. The molecule has 5 rings (SSSR count). The molecule has 0 bridgehead atoms. The minimum atomic E-state index is 0.289. The number of hydrogen-bond acceptors (Lipinski definition) is 4. The number of benzene rings is 1. The van der Waals surface area contributed by atoms with E-state index in [2.05, 4.69) is 49.9 Å². The van der Waals surface area contributed by atoms with Crippen LogP contribution >= 0.6 is 0 Å². The number of likely N-dealkylation sites (tertiary alicyclic amines) is 1. The van der Waals surface area contributed by atoms with Gasteiger partial charge in [0.1, 0.15) is 11.9 Å². The van der Waals surface area contributed by atoms with Crippen LogP contribution in [0.4, 0.5) is 0 Å². The van der Waals surface area contributed by atoms with Crippen molar-refractivity contribution in [3.63, 3.8) is 0 Å². The molecule has 3 heterocycles. The Bertz CT molecular complexity index is 954. The average molecular weight is 377 g/mol. The van der Waals surface area contributed by atoms with E-state index in [-0.39, 0.29) is 6.10 Å². The molecule has 1 aliphatic carbocycles. The van der Waals surface area contributed by atoms with Gasteiger partial charge in [0.05, 0.1) is 16.9 Å². The Labute approximate surface area is 166 Å². The smallest absolute Gasteiger partial charge is 0.129 e. The van der Waals surface area contributed by atoms with E-state index >= 15 is 0 Å². The number of aryl methyl sites for hydroxylation is 1. The Hall–Kier alpha value is -2.40. The molecule has 0 spiro atoms.